The molecule has 1 saturated heterocycles. The smallest absolute Gasteiger partial charge is 0.105 e. The first-order chi connectivity index (χ1) is 4.19. The van der Waals surface area contributed by atoms with Crippen LogP contribution in [0.5, 0.6) is 0 Å². The third-order valence-corrected chi connectivity index (χ3v) is 2.01. The van der Waals surface area contributed by atoms with Crippen molar-refractivity contribution >= 4 is 0 Å². The highest BCUT2D eigenvalue weighted by atomic mass is 16.5. The van der Waals surface area contributed by atoms with Gasteiger partial charge in [-0.3, -0.25) is 0 Å². The normalized spacial score (nSPS) is 43.7. The van der Waals surface area contributed by atoms with E-state index in [1.54, 1.807) is 0 Å². The molecule has 1 aliphatic rings. The quantitative estimate of drug-likeness (QED) is 0.503. The van der Waals surface area contributed by atoms with Crippen LogP contribution in [0.3, 0.4) is 0 Å². The first kappa shape index (κ1) is 6.99. The first-order valence-corrected chi connectivity index (χ1v) is 3.23. The molecule has 1 heterocycles. The van der Waals surface area contributed by atoms with Gasteiger partial charge in [-0.2, -0.15) is 0 Å². The Balaban J connectivity index is 2.56. The van der Waals surface area contributed by atoms with E-state index in [9.17, 15) is 5.11 Å². The standard InChI is InChI=1S/C6H13NO2/c1-5-6(8,4-7)2-3-9-5/h5,8H,2-4,7H2,1H3/t5-,6+/m1/s1. The molecule has 0 radical (unpaired) electrons. The predicted molar refractivity (Wildman–Crippen MR) is 34.0 cm³/mol. The lowest BCUT2D eigenvalue weighted by molar-refractivity contribution is -0.0204. The molecule has 0 unspecified atom stereocenters. The van der Waals surface area contributed by atoms with Crippen molar-refractivity contribution in [3.63, 3.8) is 0 Å². The Kier molecular flexibility index (Phi) is 1.75. The molecule has 1 fully saturated rings. The fourth-order valence-electron chi connectivity index (χ4n) is 1.04. The second-order valence-electron chi connectivity index (χ2n) is 2.57. The molecular weight excluding hydrogens is 118 g/mol. The molecule has 0 bridgehead atoms. The van der Waals surface area contributed by atoms with Crippen molar-refractivity contribution in [2.75, 3.05) is 13.2 Å². The minimum atomic E-state index is -0.750. The van der Waals surface area contributed by atoms with Gasteiger partial charge < -0.3 is 15.6 Å². The van der Waals surface area contributed by atoms with Gasteiger partial charge in [-0.1, -0.05) is 0 Å². The summed E-state index contributed by atoms with van der Waals surface area (Å²) in [5, 5.41) is 9.52. The van der Waals surface area contributed by atoms with Crippen LogP contribution in [0.1, 0.15) is 13.3 Å². The number of hydrogen-bond donors (Lipinski definition) is 2. The minimum Gasteiger partial charge on any atom is -0.386 e. The van der Waals surface area contributed by atoms with E-state index in [4.69, 9.17) is 10.5 Å². The Morgan fingerprint density at radius 1 is 1.89 bits per heavy atom. The third-order valence-electron chi connectivity index (χ3n) is 2.01. The summed E-state index contributed by atoms with van der Waals surface area (Å²) in [6.45, 7) is 2.78. The monoisotopic (exact) mass is 131 g/mol. The summed E-state index contributed by atoms with van der Waals surface area (Å²) in [6, 6.07) is 0. The molecule has 0 amide bonds. The topological polar surface area (TPSA) is 55.5 Å². The largest absolute Gasteiger partial charge is 0.386 e. The van der Waals surface area contributed by atoms with Gasteiger partial charge in [0.15, 0.2) is 0 Å². The van der Waals surface area contributed by atoms with Crippen LogP contribution < -0.4 is 5.73 Å². The van der Waals surface area contributed by atoms with E-state index >= 15 is 0 Å². The van der Waals surface area contributed by atoms with E-state index in [1.807, 2.05) is 6.92 Å². The summed E-state index contributed by atoms with van der Waals surface area (Å²) in [5.41, 5.74) is 4.58. The van der Waals surface area contributed by atoms with Crippen LogP contribution >= 0.6 is 0 Å². The zero-order valence-corrected chi connectivity index (χ0v) is 5.63. The van der Waals surface area contributed by atoms with Gasteiger partial charge in [0.25, 0.3) is 0 Å². The van der Waals surface area contributed by atoms with Crippen molar-refractivity contribution in [2.45, 2.75) is 25.0 Å². The average Bonchev–Trinajstić information content (AvgIpc) is 2.15. The second-order valence-corrected chi connectivity index (χ2v) is 2.57. The predicted octanol–water partition coefficient (Wildman–Crippen LogP) is -0.515. The number of rotatable bonds is 1. The van der Waals surface area contributed by atoms with E-state index in [0.717, 1.165) is 0 Å². The third kappa shape index (κ3) is 1.08. The van der Waals surface area contributed by atoms with Gasteiger partial charge in [0.2, 0.25) is 0 Å². The van der Waals surface area contributed by atoms with Gasteiger partial charge in [0.1, 0.15) is 5.60 Å². The molecule has 0 aliphatic carbocycles. The van der Waals surface area contributed by atoms with Crippen LogP contribution in [0.25, 0.3) is 0 Å². The van der Waals surface area contributed by atoms with E-state index in [2.05, 4.69) is 0 Å². The summed E-state index contributed by atoms with van der Waals surface area (Å²) in [5.74, 6) is 0. The van der Waals surface area contributed by atoms with Crippen LogP contribution in [-0.2, 0) is 4.74 Å². The maximum absolute atomic E-state index is 9.52. The number of hydrogen-bond acceptors (Lipinski definition) is 3. The molecule has 0 spiro atoms. The number of ether oxygens (including phenoxy) is 1. The van der Waals surface area contributed by atoms with E-state index in [0.29, 0.717) is 19.6 Å². The van der Waals surface area contributed by atoms with E-state index in [1.165, 1.54) is 0 Å². The molecule has 0 aromatic carbocycles. The Morgan fingerprint density at radius 3 is 2.78 bits per heavy atom. The lowest BCUT2D eigenvalue weighted by Gasteiger charge is -2.23. The summed E-state index contributed by atoms with van der Waals surface area (Å²) in [4.78, 5) is 0. The molecule has 0 saturated carbocycles. The Labute approximate surface area is 54.8 Å². The van der Waals surface area contributed by atoms with Crippen molar-refractivity contribution in [1.82, 2.24) is 0 Å². The van der Waals surface area contributed by atoms with Crippen LogP contribution in [-0.4, -0.2) is 30.0 Å². The molecule has 3 heteroatoms. The maximum Gasteiger partial charge on any atom is 0.105 e. The van der Waals surface area contributed by atoms with Crippen LogP contribution in [0.15, 0.2) is 0 Å². The van der Waals surface area contributed by atoms with Gasteiger partial charge in [-0.15, -0.1) is 0 Å². The summed E-state index contributed by atoms with van der Waals surface area (Å²) in [6.07, 6.45) is 0.576. The molecule has 3 nitrogen and oxygen atoms in total. The van der Waals surface area contributed by atoms with Crippen molar-refractivity contribution in [2.24, 2.45) is 5.73 Å². The first-order valence-electron chi connectivity index (χ1n) is 3.23. The highest BCUT2D eigenvalue weighted by Crippen LogP contribution is 2.23. The second kappa shape index (κ2) is 2.25. The fraction of sp³-hybridized carbons (Fsp3) is 1.00. The zero-order chi connectivity index (χ0) is 6.91. The van der Waals surface area contributed by atoms with Gasteiger partial charge in [0.05, 0.1) is 6.10 Å². The van der Waals surface area contributed by atoms with Gasteiger partial charge >= 0.3 is 0 Å². The van der Waals surface area contributed by atoms with E-state index < -0.39 is 5.60 Å². The molecule has 0 aromatic heterocycles. The lowest BCUT2D eigenvalue weighted by atomic mass is 9.97. The fourth-order valence-corrected chi connectivity index (χ4v) is 1.04. The molecule has 2 atom stereocenters. The van der Waals surface area contributed by atoms with Gasteiger partial charge in [-0.25, -0.2) is 0 Å². The highest BCUT2D eigenvalue weighted by Gasteiger charge is 2.37. The molecular formula is C6H13NO2. The van der Waals surface area contributed by atoms with Crippen molar-refractivity contribution in [3.05, 3.63) is 0 Å². The molecule has 3 N–H and O–H groups in total. The van der Waals surface area contributed by atoms with Gasteiger partial charge in [-0.05, 0) is 6.92 Å². The Morgan fingerprint density at radius 2 is 2.56 bits per heavy atom. The minimum absolute atomic E-state index is 0.0949. The van der Waals surface area contributed by atoms with Gasteiger partial charge in [0, 0.05) is 19.6 Å². The SMILES string of the molecule is C[C@H]1OCC[C@]1(O)CN. The molecule has 9 heavy (non-hydrogen) atoms. The average molecular weight is 131 g/mol. The zero-order valence-electron chi connectivity index (χ0n) is 5.63. The summed E-state index contributed by atoms with van der Waals surface area (Å²) < 4.78 is 5.13. The number of aliphatic hydroxyl groups is 1. The summed E-state index contributed by atoms with van der Waals surface area (Å²) >= 11 is 0. The number of nitrogens with two attached hydrogens (primary N) is 1. The highest BCUT2D eigenvalue weighted by molar-refractivity contribution is 4.90. The maximum atomic E-state index is 9.52. The Hall–Kier alpha value is -0.120. The molecule has 54 valence electrons. The molecule has 0 aromatic rings. The van der Waals surface area contributed by atoms with E-state index in [-0.39, 0.29) is 6.10 Å². The van der Waals surface area contributed by atoms with Crippen molar-refractivity contribution < 1.29 is 9.84 Å². The molecule has 1 rings (SSSR count). The van der Waals surface area contributed by atoms with Crippen LogP contribution in [0, 0.1) is 0 Å². The molecule has 1 aliphatic heterocycles. The van der Waals surface area contributed by atoms with Crippen molar-refractivity contribution in [1.29, 1.82) is 0 Å². The summed E-state index contributed by atoms with van der Waals surface area (Å²) in [7, 11) is 0. The van der Waals surface area contributed by atoms with Crippen molar-refractivity contribution in [3.8, 4) is 0 Å². The lowest BCUT2D eigenvalue weighted by Crippen LogP contribution is -2.43. The van der Waals surface area contributed by atoms with Crippen LogP contribution in [0.2, 0.25) is 0 Å². The van der Waals surface area contributed by atoms with Crippen LogP contribution in [0.4, 0.5) is 0 Å². The Bertz CT molecular complexity index is 107.